The van der Waals surface area contributed by atoms with Crippen LogP contribution in [0.2, 0.25) is 0 Å². The van der Waals surface area contributed by atoms with Crippen molar-refractivity contribution in [3.8, 4) is 0 Å². The number of carbonyl (C=O) groups excluding carboxylic acids is 1. The SMILES string of the molecule is CCCCn1nccc1NC(=O)C1CCC(N)C1. The van der Waals surface area contributed by atoms with Crippen molar-refractivity contribution in [2.24, 2.45) is 11.7 Å². The second-order valence-corrected chi connectivity index (χ2v) is 5.05. The Labute approximate surface area is 108 Å². The third kappa shape index (κ3) is 3.10. The molecular weight excluding hydrogens is 228 g/mol. The first-order chi connectivity index (χ1) is 8.70. The zero-order valence-electron chi connectivity index (χ0n) is 10.9. The van der Waals surface area contributed by atoms with Gasteiger partial charge in [-0.3, -0.25) is 4.79 Å². The summed E-state index contributed by atoms with van der Waals surface area (Å²) < 4.78 is 1.86. The summed E-state index contributed by atoms with van der Waals surface area (Å²) in [7, 11) is 0. The number of amides is 1. The van der Waals surface area contributed by atoms with E-state index in [1.807, 2.05) is 10.7 Å². The Balaban J connectivity index is 1.92. The van der Waals surface area contributed by atoms with Crippen LogP contribution in [0.1, 0.15) is 39.0 Å². The lowest BCUT2D eigenvalue weighted by atomic mass is 10.1. The van der Waals surface area contributed by atoms with Gasteiger partial charge in [-0.15, -0.1) is 0 Å². The Morgan fingerprint density at radius 3 is 3.11 bits per heavy atom. The summed E-state index contributed by atoms with van der Waals surface area (Å²) in [6.45, 7) is 2.99. The second-order valence-electron chi connectivity index (χ2n) is 5.05. The van der Waals surface area contributed by atoms with E-state index >= 15 is 0 Å². The van der Waals surface area contributed by atoms with E-state index < -0.39 is 0 Å². The Hall–Kier alpha value is -1.36. The maximum absolute atomic E-state index is 12.1. The lowest BCUT2D eigenvalue weighted by Gasteiger charge is -2.12. The van der Waals surface area contributed by atoms with Crippen molar-refractivity contribution in [3.05, 3.63) is 12.3 Å². The number of rotatable bonds is 5. The molecule has 2 unspecified atom stereocenters. The van der Waals surface area contributed by atoms with Crippen LogP contribution in [0.4, 0.5) is 5.82 Å². The van der Waals surface area contributed by atoms with Gasteiger partial charge in [0.15, 0.2) is 0 Å². The smallest absolute Gasteiger partial charge is 0.228 e. The van der Waals surface area contributed by atoms with Gasteiger partial charge in [-0.05, 0) is 25.7 Å². The molecule has 5 nitrogen and oxygen atoms in total. The molecule has 1 aliphatic carbocycles. The van der Waals surface area contributed by atoms with Gasteiger partial charge in [0, 0.05) is 24.6 Å². The third-order valence-electron chi connectivity index (χ3n) is 3.54. The molecule has 1 aromatic heterocycles. The second kappa shape index (κ2) is 6.00. The predicted octanol–water partition coefficient (Wildman–Crippen LogP) is 1.75. The number of anilines is 1. The molecule has 3 N–H and O–H groups in total. The van der Waals surface area contributed by atoms with Crippen molar-refractivity contribution in [3.63, 3.8) is 0 Å². The zero-order chi connectivity index (χ0) is 13.0. The zero-order valence-corrected chi connectivity index (χ0v) is 10.9. The molecule has 0 radical (unpaired) electrons. The largest absolute Gasteiger partial charge is 0.328 e. The first kappa shape index (κ1) is 13.1. The number of nitrogens with two attached hydrogens (primary N) is 1. The summed E-state index contributed by atoms with van der Waals surface area (Å²) >= 11 is 0. The van der Waals surface area contributed by atoms with Crippen molar-refractivity contribution in [1.82, 2.24) is 9.78 Å². The molecule has 1 saturated carbocycles. The minimum absolute atomic E-state index is 0.0644. The molecule has 2 rings (SSSR count). The van der Waals surface area contributed by atoms with E-state index in [0.717, 1.165) is 44.5 Å². The number of nitrogens with zero attached hydrogens (tertiary/aromatic N) is 2. The average Bonchev–Trinajstić information content (AvgIpc) is 2.96. The number of aromatic nitrogens is 2. The highest BCUT2D eigenvalue weighted by Gasteiger charge is 2.28. The summed E-state index contributed by atoms with van der Waals surface area (Å²) in [5.41, 5.74) is 5.83. The quantitative estimate of drug-likeness (QED) is 0.836. The monoisotopic (exact) mass is 250 g/mol. The molecule has 1 aromatic rings. The molecule has 0 aromatic carbocycles. The van der Waals surface area contributed by atoms with Gasteiger partial charge in [0.05, 0.1) is 6.20 Å². The molecule has 1 amide bonds. The molecule has 0 aliphatic heterocycles. The van der Waals surface area contributed by atoms with Gasteiger partial charge in [0.25, 0.3) is 0 Å². The molecule has 1 fully saturated rings. The Morgan fingerprint density at radius 2 is 2.44 bits per heavy atom. The molecule has 0 saturated heterocycles. The summed E-state index contributed by atoms with van der Waals surface area (Å²) in [4.78, 5) is 12.1. The van der Waals surface area contributed by atoms with E-state index in [0.29, 0.717) is 0 Å². The number of nitrogens with one attached hydrogen (secondary N) is 1. The fourth-order valence-electron chi connectivity index (χ4n) is 2.41. The van der Waals surface area contributed by atoms with Crippen LogP contribution < -0.4 is 11.1 Å². The first-order valence-corrected chi connectivity index (χ1v) is 6.79. The molecular formula is C13H22N4O. The fourth-order valence-corrected chi connectivity index (χ4v) is 2.41. The average molecular weight is 250 g/mol. The normalized spacial score (nSPS) is 23.2. The lowest BCUT2D eigenvalue weighted by molar-refractivity contribution is -0.119. The minimum Gasteiger partial charge on any atom is -0.328 e. The Kier molecular flexibility index (Phi) is 4.36. The van der Waals surface area contributed by atoms with Gasteiger partial charge >= 0.3 is 0 Å². The van der Waals surface area contributed by atoms with Crippen molar-refractivity contribution in [2.75, 3.05) is 5.32 Å². The number of carbonyl (C=O) groups is 1. The van der Waals surface area contributed by atoms with Crippen molar-refractivity contribution in [2.45, 2.75) is 51.6 Å². The van der Waals surface area contributed by atoms with E-state index in [4.69, 9.17) is 5.73 Å². The van der Waals surface area contributed by atoms with Crippen LogP contribution in [0.5, 0.6) is 0 Å². The van der Waals surface area contributed by atoms with Crippen LogP contribution in [0.15, 0.2) is 12.3 Å². The van der Waals surface area contributed by atoms with Crippen LogP contribution >= 0.6 is 0 Å². The third-order valence-corrected chi connectivity index (χ3v) is 3.54. The van der Waals surface area contributed by atoms with E-state index in [1.165, 1.54) is 0 Å². The minimum atomic E-state index is 0.0644. The Bertz CT molecular complexity index is 401. The van der Waals surface area contributed by atoms with Gasteiger partial charge in [0.2, 0.25) is 5.91 Å². The van der Waals surface area contributed by atoms with Gasteiger partial charge in [-0.2, -0.15) is 5.10 Å². The summed E-state index contributed by atoms with van der Waals surface area (Å²) in [6.07, 6.45) is 6.56. The van der Waals surface area contributed by atoms with Crippen LogP contribution in [0.3, 0.4) is 0 Å². The number of unbranched alkanes of at least 4 members (excludes halogenated alkanes) is 1. The van der Waals surface area contributed by atoms with Crippen LogP contribution in [-0.2, 0) is 11.3 Å². The van der Waals surface area contributed by atoms with Crippen LogP contribution in [0.25, 0.3) is 0 Å². The van der Waals surface area contributed by atoms with Crippen molar-refractivity contribution in [1.29, 1.82) is 0 Å². The molecule has 100 valence electrons. The molecule has 2 atom stereocenters. The highest BCUT2D eigenvalue weighted by molar-refractivity contribution is 5.91. The summed E-state index contributed by atoms with van der Waals surface area (Å²) in [5, 5.41) is 7.19. The van der Waals surface area contributed by atoms with E-state index in [1.54, 1.807) is 6.20 Å². The van der Waals surface area contributed by atoms with Gasteiger partial charge in [-0.1, -0.05) is 13.3 Å². The standard InChI is InChI=1S/C13H22N4O/c1-2-3-8-17-12(6-7-15-17)16-13(18)10-4-5-11(14)9-10/h6-7,10-11H,2-5,8-9,14H2,1H3,(H,16,18). The maximum atomic E-state index is 12.1. The van der Waals surface area contributed by atoms with Gasteiger partial charge in [-0.25, -0.2) is 4.68 Å². The number of hydrogen-bond donors (Lipinski definition) is 2. The molecule has 5 heteroatoms. The molecule has 1 aliphatic rings. The Morgan fingerprint density at radius 1 is 1.61 bits per heavy atom. The first-order valence-electron chi connectivity index (χ1n) is 6.79. The van der Waals surface area contributed by atoms with E-state index in [9.17, 15) is 4.79 Å². The van der Waals surface area contributed by atoms with Gasteiger partial charge in [0.1, 0.15) is 5.82 Å². The van der Waals surface area contributed by atoms with E-state index in [2.05, 4.69) is 17.3 Å². The molecule has 0 bridgehead atoms. The van der Waals surface area contributed by atoms with Crippen LogP contribution in [0, 0.1) is 5.92 Å². The van der Waals surface area contributed by atoms with Crippen molar-refractivity contribution >= 4 is 11.7 Å². The summed E-state index contributed by atoms with van der Waals surface area (Å²) in [6, 6.07) is 2.04. The van der Waals surface area contributed by atoms with Crippen LogP contribution in [-0.4, -0.2) is 21.7 Å². The predicted molar refractivity (Wildman–Crippen MR) is 71.1 cm³/mol. The fraction of sp³-hybridized carbons (Fsp3) is 0.692. The molecule has 1 heterocycles. The van der Waals surface area contributed by atoms with E-state index in [-0.39, 0.29) is 17.9 Å². The van der Waals surface area contributed by atoms with Crippen molar-refractivity contribution < 1.29 is 4.79 Å². The highest BCUT2D eigenvalue weighted by Crippen LogP contribution is 2.25. The molecule has 18 heavy (non-hydrogen) atoms. The molecule has 0 spiro atoms. The number of aryl methyl sites for hydroxylation is 1. The van der Waals surface area contributed by atoms with Gasteiger partial charge < -0.3 is 11.1 Å². The highest BCUT2D eigenvalue weighted by atomic mass is 16.2. The number of hydrogen-bond acceptors (Lipinski definition) is 3. The summed E-state index contributed by atoms with van der Waals surface area (Å²) in [5.74, 6) is 0.949. The maximum Gasteiger partial charge on any atom is 0.228 e. The lowest BCUT2D eigenvalue weighted by Crippen LogP contribution is -2.24. The topological polar surface area (TPSA) is 72.9 Å².